The Morgan fingerprint density at radius 1 is 1.20 bits per heavy atom. The van der Waals surface area contributed by atoms with E-state index in [4.69, 9.17) is 9.47 Å². The molecule has 0 bridgehead atoms. The lowest BCUT2D eigenvalue weighted by Gasteiger charge is -2.31. The Bertz CT molecular complexity index is 255. The Morgan fingerprint density at radius 3 is 2.27 bits per heavy atom. The molecule has 0 spiro atoms. The number of hydrogen-bond donors (Lipinski definition) is 0. The number of carbonyl (C=O) groups excluding carboxylic acids is 2. The van der Waals surface area contributed by atoms with Gasteiger partial charge in [0.2, 0.25) is 6.36 Å². The van der Waals surface area contributed by atoms with Gasteiger partial charge >= 0.3 is 11.9 Å². The molecule has 15 heavy (non-hydrogen) atoms. The first kappa shape index (κ1) is 11.9. The van der Waals surface area contributed by atoms with Gasteiger partial charge < -0.3 is 14.2 Å². The van der Waals surface area contributed by atoms with Crippen molar-refractivity contribution in [1.29, 1.82) is 0 Å². The SMILES string of the molecule is CC(=O)O[C@H]1C[C@@H](F)OC[C@H]1OC(C)=O. The van der Waals surface area contributed by atoms with E-state index in [1.165, 1.54) is 13.8 Å². The number of halogens is 1. The van der Waals surface area contributed by atoms with Gasteiger partial charge in [0.15, 0.2) is 6.10 Å². The predicted molar refractivity (Wildman–Crippen MR) is 46.6 cm³/mol. The first-order valence-corrected chi connectivity index (χ1v) is 4.59. The van der Waals surface area contributed by atoms with E-state index in [1.54, 1.807) is 0 Å². The molecular formula is C9H13FO5. The third-order valence-electron chi connectivity index (χ3n) is 1.91. The minimum Gasteiger partial charge on any atom is -0.458 e. The Labute approximate surface area is 86.5 Å². The second-order valence-electron chi connectivity index (χ2n) is 3.27. The smallest absolute Gasteiger partial charge is 0.303 e. The predicted octanol–water partition coefficient (Wildman–Crippen LogP) is 0.566. The summed E-state index contributed by atoms with van der Waals surface area (Å²) in [7, 11) is 0. The Balaban J connectivity index is 2.57. The van der Waals surface area contributed by atoms with Gasteiger partial charge in [-0.05, 0) is 0 Å². The minimum absolute atomic E-state index is 0.0985. The molecular weight excluding hydrogens is 207 g/mol. The van der Waals surface area contributed by atoms with Gasteiger partial charge in [-0.25, -0.2) is 4.39 Å². The summed E-state index contributed by atoms with van der Waals surface area (Å²) in [4.78, 5) is 21.4. The number of ether oxygens (including phenoxy) is 3. The molecule has 86 valence electrons. The topological polar surface area (TPSA) is 61.8 Å². The van der Waals surface area contributed by atoms with Crippen LogP contribution in [0.25, 0.3) is 0 Å². The molecule has 1 aliphatic heterocycles. The van der Waals surface area contributed by atoms with E-state index in [-0.39, 0.29) is 13.0 Å². The third-order valence-corrected chi connectivity index (χ3v) is 1.91. The highest BCUT2D eigenvalue weighted by atomic mass is 19.1. The average molecular weight is 220 g/mol. The van der Waals surface area contributed by atoms with Gasteiger partial charge in [0.25, 0.3) is 0 Å². The zero-order valence-corrected chi connectivity index (χ0v) is 8.57. The summed E-state index contributed by atoms with van der Waals surface area (Å²) >= 11 is 0. The van der Waals surface area contributed by atoms with Crippen LogP contribution in [0.1, 0.15) is 20.3 Å². The maximum absolute atomic E-state index is 12.8. The maximum Gasteiger partial charge on any atom is 0.303 e. The van der Waals surface area contributed by atoms with E-state index >= 15 is 0 Å². The Kier molecular flexibility index (Phi) is 4.02. The second kappa shape index (κ2) is 5.06. The van der Waals surface area contributed by atoms with Gasteiger partial charge in [-0.1, -0.05) is 0 Å². The number of hydrogen-bond acceptors (Lipinski definition) is 5. The number of esters is 2. The van der Waals surface area contributed by atoms with Gasteiger partial charge in [0.05, 0.1) is 6.61 Å². The summed E-state index contributed by atoms with van der Waals surface area (Å²) in [6.07, 6.45) is -3.09. The molecule has 0 aromatic carbocycles. The van der Waals surface area contributed by atoms with Crippen molar-refractivity contribution in [1.82, 2.24) is 0 Å². The molecule has 0 N–H and O–H groups in total. The summed E-state index contributed by atoms with van der Waals surface area (Å²) in [6.45, 7) is 2.35. The van der Waals surface area contributed by atoms with Gasteiger partial charge in [0.1, 0.15) is 6.10 Å². The lowest BCUT2D eigenvalue weighted by molar-refractivity contribution is -0.201. The van der Waals surface area contributed by atoms with Gasteiger partial charge in [0, 0.05) is 20.3 Å². The van der Waals surface area contributed by atoms with Gasteiger partial charge in [-0.2, -0.15) is 0 Å². The van der Waals surface area contributed by atoms with E-state index in [2.05, 4.69) is 4.74 Å². The molecule has 0 amide bonds. The minimum atomic E-state index is -1.49. The average Bonchev–Trinajstić information content (AvgIpc) is 2.08. The van der Waals surface area contributed by atoms with Crippen molar-refractivity contribution in [3.8, 4) is 0 Å². The van der Waals surface area contributed by atoms with Crippen molar-refractivity contribution in [2.75, 3.05) is 6.61 Å². The molecule has 3 atom stereocenters. The molecule has 1 aliphatic rings. The van der Waals surface area contributed by atoms with Crippen molar-refractivity contribution in [3.63, 3.8) is 0 Å². The fourth-order valence-electron chi connectivity index (χ4n) is 1.37. The molecule has 0 aliphatic carbocycles. The van der Waals surface area contributed by atoms with E-state index in [0.29, 0.717) is 0 Å². The third kappa shape index (κ3) is 3.83. The second-order valence-corrected chi connectivity index (χ2v) is 3.27. The van der Waals surface area contributed by atoms with Crippen LogP contribution in [-0.2, 0) is 23.8 Å². The summed E-state index contributed by atoms with van der Waals surface area (Å²) in [6, 6.07) is 0. The first-order chi connectivity index (χ1) is 6.99. The molecule has 6 heteroatoms. The molecule has 0 radical (unpaired) electrons. The van der Waals surface area contributed by atoms with E-state index < -0.39 is 30.5 Å². The molecule has 0 aromatic rings. The van der Waals surface area contributed by atoms with Crippen molar-refractivity contribution in [3.05, 3.63) is 0 Å². The van der Waals surface area contributed by atoms with Crippen LogP contribution >= 0.6 is 0 Å². The van der Waals surface area contributed by atoms with Crippen molar-refractivity contribution >= 4 is 11.9 Å². The quantitative estimate of drug-likeness (QED) is 0.636. The highest BCUT2D eigenvalue weighted by molar-refractivity contribution is 5.67. The van der Waals surface area contributed by atoms with E-state index in [0.717, 1.165) is 0 Å². The summed E-state index contributed by atoms with van der Waals surface area (Å²) in [5.41, 5.74) is 0. The van der Waals surface area contributed by atoms with Crippen LogP contribution < -0.4 is 0 Å². The van der Waals surface area contributed by atoms with Crippen LogP contribution in [0.2, 0.25) is 0 Å². The molecule has 0 unspecified atom stereocenters. The molecule has 1 rings (SSSR count). The van der Waals surface area contributed by atoms with E-state index in [1.807, 2.05) is 0 Å². The fraction of sp³-hybridized carbons (Fsp3) is 0.778. The fourth-order valence-corrected chi connectivity index (χ4v) is 1.37. The summed E-state index contributed by atoms with van der Waals surface area (Å²) in [5, 5.41) is 0. The largest absolute Gasteiger partial charge is 0.458 e. The molecule has 0 aromatic heterocycles. The molecule has 1 saturated heterocycles. The first-order valence-electron chi connectivity index (χ1n) is 4.59. The van der Waals surface area contributed by atoms with Crippen molar-refractivity contribution in [2.24, 2.45) is 0 Å². The van der Waals surface area contributed by atoms with Crippen LogP contribution in [0, 0.1) is 0 Å². The monoisotopic (exact) mass is 220 g/mol. The standard InChI is InChI=1S/C9H13FO5/c1-5(11)14-7-3-9(10)13-4-8(7)15-6(2)12/h7-9H,3-4H2,1-2H3/t7-,8+,9-/m0/s1. The lowest BCUT2D eigenvalue weighted by atomic mass is 10.1. The van der Waals surface area contributed by atoms with Crippen LogP contribution in [0.3, 0.4) is 0 Å². The molecule has 0 saturated carbocycles. The highest BCUT2D eigenvalue weighted by Gasteiger charge is 2.35. The zero-order valence-electron chi connectivity index (χ0n) is 8.57. The molecule has 1 fully saturated rings. The lowest BCUT2D eigenvalue weighted by Crippen LogP contribution is -2.44. The van der Waals surface area contributed by atoms with Crippen LogP contribution in [0.4, 0.5) is 4.39 Å². The van der Waals surface area contributed by atoms with Crippen LogP contribution in [-0.4, -0.2) is 37.1 Å². The van der Waals surface area contributed by atoms with Crippen LogP contribution in [0.5, 0.6) is 0 Å². The van der Waals surface area contributed by atoms with Crippen molar-refractivity contribution < 1.29 is 28.2 Å². The van der Waals surface area contributed by atoms with Gasteiger partial charge in [-0.3, -0.25) is 9.59 Å². The number of alkyl halides is 1. The summed E-state index contributed by atoms with van der Waals surface area (Å²) < 4.78 is 27.2. The normalized spacial score (nSPS) is 30.7. The van der Waals surface area contributed by atoms with Crippen LogP contribution in [0.15, 0.2) is 0 Å². The Morgan fingerprint density at radius 2 is 1.73 bits per heavy atom. The Hall–Kier alpha value is -1.17. The number of carbonyl (C=O) groups is 2. The highest BCUT2D eigenvalue weighted by Crippen LogP contribution is 2.21. The van der Waals surface area contributed by atoms with Crippen molar-refractivity contribution in [2.45, 2.75) is 38.8 Å². The maximum atomic E-state index is 12.8. The zero-order chi connectivity index (χ0) is 11.4. The number of rotatable bonds is 2. The molecule has 5 nitrogen and oxygen atoms in total. The van der Waals surface area contributed by atoms with Gasteiger partial charge in [-0.15, -0.1) is 0 Å². The van der Waals surface area contributed by atoms with E-state index in [9.17, 15) is 14.0 Å². The summed E-state index contributed by atoms with van der Waals surface area (Å²) in [5.74, 6) is -1.05. The molecule has 1 heterocycles.